The SMILES string of the molecule is CCN(CC)S(=O)(=O)c1ccc(Cl)c(C(=O)N2CCC(C(=O)N3CCCC3)CC2)c1. The van der Waals surface area contributed by atoms with Crippen molar-refractivity contribution in [1.82, 2.24) is 14.1 Å². The monoisotopic (exact) mass is 455 g/mol. The van der Waals surface area contributed by atoms with Crippen molar-refractivity contribution in [2.24, 2.45) is 5.92 Å². The summed E-state index contributed by atoms with van der Waals surface area (Å²) in [6.45, 7) is 6.85. The van der Waals surface area contributed by atoms with Crippen LogP contribution in [0, 0.1) is 5.92 Å². The summed E-state index contributed by atoms with van der Waals surface area (Å²) in [5.41, 5.74) is 0.189. The summed E-state index contributed by atoms with van der Waals surface area (Å²) in [5, 5.41) is 0.230. The van der Waals surface area contributed by atoms with Crippen LogP contribution in [0.15, 0.2) is 23.1 Å². The zero-order valence-corrected chi connectivity index (χ0v) is 19.2. The Balaban J connectivity index is 1.72. The van der Waals surface area contributed by atoms with E-state index in [0.717, 1.165) is 25.9 Å². The molecule has 0 unspecified atom stereocenters. The molecule has 0 bridgehead atoms. The lowest BCUT2D eigenvalue weighted by molar-refractivity contribution is -0.135. The highest BCUT2D eigenvalue weighted by atomic mass is 35.5. The van der Waals surface area contributed by atoms with Crippen molar-refractivity contribution in [3.8, 4) is 0 Å². The molecule has 0 saturated carbocycles. The predicted octanol–water partition coefficient (Wildman–Crippen LogP) is 2.85. The van der Waals surface area contributed by atoms with Gasteiger partial charge in [0.1, 0.15) is 0 Å². The lowest BCUT2D eigenvalue weighted by Gasteiger charge is -2.33. The van der Waals surface area contributed by atoms with Crippen LogP contribution >= 0.6 is 11.6 Å². The van der Waals surface area contributed by atoms with E-state index in [4.69, 9.17) is 11.6 Å². The predicted molar refractivity (Wildman–Crippen MR) is 116 cm³/mol. The maximum atomic E-state index is 13.1. The average Bonchev–Trinajstić information content (AvgIpc) is 3.28. The molecule has 30 heavy (non-hydrogen) atoms. The Morgan fingerprint density at radius 1 is 1.03 bits per heavy atom. The molecule has 7 nitrogen and oxygen atoms in total. The quantitative estimate of drug-likeness (QED) is 0.660. The second kappa shape index (κ2) is 9.66. The van der Waals surface area contributed by atoms with Gasteiger partial charge in [-0.05, 0) is 43.9 Å². The van der Waals surface area contributed by atoms with Gasteiger partial charge in [-0.3, -0.25) is 9.59 Å². The first-order valence-corrected chi connectivity index (χ1v) is 12.5. The molecule has 2 aliphatic heterocycles. The van der Waals surface area contributed by atoms with Crippen molar-refractivity contribution < 1.29 is 18.0 Å². The number of carbonyl (C=O) groups is 2. The van der Waals surface area contributed by atoms with Crippen LogP contribution in [0.3, 0.4) is 0 Å². The van der Waals surface area contributed by atoms with Gasteiger partial charge in [-0.15, -0.1) is 0 Å². The topological polar surface area (TPSA) is 78.0 Å². The standard InChI is InChI=1S/C21H30ClN3O4S/c1-3-25(4-2)30(28,29)17-7-8-19(22)18(15-17)21(27)24-13-9-16(10-14-24)20(26)23-11-5-6-12-23/h7-8,15-16H,3-6,9-14H2,1-2H3. The van der Waals surface area contributed by atoms with Crippen LogP contribution < -0.4 is 0 Å². The number of hydrogen-bond acceptors (Lipinski definition) is 4. The van der Waals surface area contributed by atoms with Gasteiger partial charge in [0.25, 0.3) is 5.91 Å². The molecule has 0 N–H and O–H groups in total. The number of nitrogens with zero attached hydrogens (tertiary/aromatic N) is 3. The van der Waals surface area contributed by atoms with Crippen LogP contribution in [-0.2, 0) is 14.8 Å². The minimum atomic E-state index is -3.68. The summed E-state index contributed by atoms with van der Waals surface area (Å²) in [6, 6.07) is 4.28. The summed E-state index contributed by atoms with van der Waals surface area (Å²) >= 11 is 6.26. The van der Waals surface area contributed by atoms with Crippen molar-refractivity contribution >= 4 is 33.4 Å². The van der Waals surface area contributed by atoms with E-state index in [-0.39, 0.29) is 33.2 Å². The highest BCUT2D eigenvalue weighted by molar-refractivity contribution is 7.89. The van der Waals surface area contributed by atoms with E-state index in [1.807, 2.05) is 4.90 Å². The second-order valence-electron chi connectivity index (χ2n) is 7.83. The van der Waals surface area contributed by atoms with Crippen LogP contribution in [0.1, 0.15) is 49.9 Å². The largest absolute Gasteiger partial charge is 0.342 e. The van der Waals surface area contributed by atoms with Crippen LogP contribution in [0.25, 0.3) is 0 Å². The molecule has 1 aromatic carbocycles. The molecule has 3 rings (SSSR count). The minimum Gasteiger partial charge on any atom is -0.342 e. The second-order valence-corrected chi connectivity index (χ2v) is 10.2. The number of sulfonamides is 1. The molecule has 2 amide bonds. The maximum absolute atomic E-state index is 13.1. The first-order chi connectivity index (χ1) is 14.3. The van der Waals surface area contributed by atoms with Gasteiger partial charge in [0.15, 0.2) is 0 Å². The van der Waals surface area contributed by atoms with E-state index in [1.165, 1.54) is 22.5 Å². The van der Waals surface area contributed by atoms with Gasteiger partial charge in [-0.25, -0.2) is 8.42 Å². The third-order valence-corrected chi connectivity index (χ3v) is 8.44. The Bertz CT molecular complexity index is 888. The summed E-state index contributed by atoms with van der Waals surface area (Å²) in [6.07, 6.45) is 3.37. The lowest BCUT2D eigenvalue weighted by atomic mass is 9.95. The van der Waals surface area contributed by atoms with Gasteiger partial charge >= 0.3 is 0 Å². The number of rotatable bonds is 6. The highest BCUT2D eigenvalue weighted by Crippen LogP contribution is 2.27. The van der Waals surface area contributed by atoms with E-state index >= 15 is 0 Å². The van der Waals surface area contributed by atoms with Crippen LogP contribution in [0.2, 0.25) is 5.02 Å². The molecule has 9 heteroatoms. The molecule has 0 radical (unpaired) electrons. The smallest absolute Gasteiger partial charge is 0.255 e. The van der Waals surface area contributed by atoms with Crippen LogP contribution in [-0.4, -0.2) is 73.6 Å². The van der Waals surface area contributed by atoms with E-state index in [2.05, 4.69) is 0 Å². The zero-order valence-electron chi connectivity index (χ0n) is 17.6. The van der Waals surface area contributed by atoms with E-state index in [9.17, 15) is 18.0 Å². The third kappa shape index (κ3) is 4.65. The molecule has 0 atom stereocenters. The summed E-state index contributed by atoms with van der Waals surface area (Å²) in [7, 11) is -3.68. The van der Waals surface area contributed by atoms with Gasteiger partial charge in [0.2, 0.25) is 15.9 Å². The number of carbonyl (C=O) groups excluding carboxylic acids is 2. The molecule has 0 spiro atoms. The number of benzene rings is 1. The summed E-state index contributed by atoms with van der Waals surface area (Å²) in [4.78, 5) is 29.4. The number of piperidine rings is 1. The minimum absolute atomic E-state index is 0.0444. The lowest BCUT2D eigenvalue weighted by Crippen LogP contribution is -2.43. The Kier molecular flexibility index (Phi) is 7.42. The number of hydrogen-bond donors (Lipinski definition) is 0. The number of amides is 2. The molecule has 2 aliphatic rings. The first kappa shape index (κ1) is 23.0. The Hall–Kier alpha value is -1.64. The molecule has 1 aromatic rings. The fourth-order valence-corrected chi connectivity index (χ4v) is 5.92. The van der Waals surface area contributed by atoms with Crippen molar-refractivity contribution in [2.75, 3.05) is 39.3 Å². The van der Waals surface area contributed by atoms with Crippen molar-refractivity contribution in [3.63, 3.8) is 0 Å². The van der Waals surface area contributed by atoms with Gasteiger partial charge in [0, 0.05) is 45.2 Å². The average molecular weight is 456 g/mol. The fourth-order valence-electron chi connectivity index (χ4n) is 4.24. The first-order valence-electron chi connectivity index (χ1n) is 10.7. The maximum Gasteiger partial charge on any atom is 0.255 e. The van der Waals surface area contributed by atoms with E-state index in [0.29, 0.717) is 39.0 Å². The molecule has 2 saturated heterocycles. The van der Waals surface area contributed by atoms with E-state index in [1.54, 1.807) is 18.7 Å². The number of halogens is 1. The third-order valence-electron chi connectivity index (χ3n) is 6.06. The molecule has 2 fully saturated rings. The normalized spacial score (nSPS) is 18.3. The van der Waals surface area contributed by atoms with Gasteiger partial charge in [-0.1, -0.05) is 25.4 Å². The molecule has 166 valence electrons. The molecular formula is C21H30ClN3O4S. The number of likely N-dealkylation sites (tertiary alicyclic amines) is 2. The Morgan fingerprint density at radius 2 is 1.63 bits per heavy atom. The summed E-state index contributed by atoms with van der Waals surface area (Å²) < 4.78 is 27.0. The van der Waals surface area contributed by atoms with Crippen molar-refractivity contribution in [1.29, 1.82) is 0 Å². The van der Waals surface area contributed by atoms with Crippen LogP contribution in [0.5, 0.6) is 0 Å². The molecular weight excluding hydrogens is 426 g/mol. The van der Waals surface area contributed by atoms with Gasteiger partial charge in [-0.2, -0.15) is 4.31 Å². The zero-order chi connectivity index (χ0) is 21.9. The Morgan fingerprint density at radius 3 is 2.20 bits per heavy atom. The Labute approximate surface area is 184 Å². The van der Waals surface area contributed by atoms with E-state index < -0.39 is 10.0 Å². The molecule has 0 aromatic heterocycles. The van der Waals surface area contributed by atoms with Gasteiger partial charge < -0.3 is 9.80 Å². The fraction of sp³-hybridized carbons (Fsp3) is 0.619. The van der Waals surface area contributed by atoms with Crippen LogP contribution in [0.4, 0.5) is 0 Å². The highest BCUT2D eigenvalue weighted by Gasteiger charge is 2.32. The molecule has 0 aliphatic carbocycles. The van der Waals surface area contributed by atoms with Crippen molar-refractivity contribution in [3.05, 3.63) is 28.8 Å². The summed E-state index contributed by atoms with van der Waals surface area (Å²) in [5.74, 6) is -0.134. The van der Waals surface area contributed by atoms with Gasteiger partial charge in [0.05, 0.1) is 15.5 Å². The van der Waals surface area contributed by atoms with Crippen molar-refractivity contribution in [2.45, 2.75) is 44.4 Å². The molecule has 2 heterocycles.